The Morgan fingerprint density at radius 1 is 0.970 bits per heavy atom. The van der Waals surface area contributed by atoms with E-state index in [0.29, 0.717) is 33.9 Å². The molecule has 1 aliphatic heterocycles. The van der Waals surface area contributed by atoms with Gasteiger partial charge in [-0.3, -0.25) is 0 Å². The number of hydrazone groups is 1. The van der Waals surface area contributed by atoms with Gasteiger partial charge in [-0.25, -0.2) is 24.3 Å². The van der Waals surface area contributed by atoms with Crippen molar-refractivity contribution in [3.63, 3.8) is 0 Å². The number of ether oxygens (including phenoxy) is 3. The van der Waals surface area contributed by atoms with Crippen molar-refractivity contribution >= 4 is 17.3 Å². The molecule has 0 saturated heterocycles. The Labute approximate surface area is 188 Å². The number of nitrogens with zero attached hydrogens (tertiary/aromatic N) is 4. The summed E-state index contributed by atoms with van der Waals surface area (Å²) >= 11 is 0. The number of nitrogen functional groups attached to an aromatic ring is 1. The maximum absolute atomic E-state index is 14.6. The van der Waals surface area contributed by atoms with Crippen molar-refractivity contribution in [1.82, 2.24) is 15.6 Å². The third-order valence-electron chi connectivity index (χ3n) is 5.12. The molecule has 0 saturated carbocycles. The van der Waals surface area contributed by atoms with Crippen LogP contribution in [0.15, 0.2) is 47.7 Å². The van der Waals surface area contributed by atoms with Gasteiger partial charge in [0.15, 0.2) is 29.0 Å². The summed E-state index contributed by atoms with van der Waals surface area (Å²) in [6.45, 7) is 0. The second-order valence-corrected chi connectivity index (χ2v) is 7.01. The molecular formula is C22H22F2N6O3. The Balaban J connectivity index is 1.82. The number of anilines is 2. The van der Waals surface area contributed by atoms with Crippen LogP contribution in [0.3, 0.4) is 0 Å². The Bertz CT molecular complexity index is 1210. The standard InChI is InChI=1S/C22H22F2N6O3/c1-29-28-27-22(30(29)16-7-5-6-15(23)19(16)24)14-8-13(11-26-21(14)25)12-9-17(31-2)20(33-4)18(10-12)32-3/h5-11,28H,1-4H3,(H2,25,26). The highest BCUT2D eigenvalue weighted by atomic mass is 19.2. The summed E-state index contributed by atoms with van der Waals surface area (Å²) in [6.07, 6.45) is 1.58. The predicted molar refractivity (Wildman–Crippen MR) is 120 cm³/mol. The van der Waals surface area contributed by atoms with Gasteiger partial charge < -0.3 is 19.9 Å². The Kier molecular flexibility index (Phi) is 5.88. The second-order valence-electron chi connectivity index (χ2n) is 7.01. The number of pyridine rings is 1. The van der Waals surface area contributed by atoms with E-state index in [2.05, 4.69) is 15.6 Å². The molecule has 0 fully saturated rings. The van der Waals surface area contributed by atoms with Gasteiger partial charge >= 0.3 is 0 Å². The summed E-state index contributed by atoms with van der Waals surface area (Å²) in [7, 11) is 6.17. The highest BCUT2D eigenvalue weighted by Gasteiger charge is 2.31. The van der Waals surface area contributed by atoms with Gasteiger partial charge in [0.2, 0.25) is 5.75 Å². The summed E-state index contributed by atoms with van der Waals surface area (Å²) in [5.41, 5.74) is 10.6. The molecule has 0 amide bonds. The first-order valence-corrected chi connectivity index (χ1v) is 9.77. The number of nitrogens with two attached hydrogens (primary N) is 1. The summed E-state index contributed by atoms with van der Waals surface area (Å²) in [6, 6.07) is 9.16. The van der Waals surface area contributed by atoms with E-state index in [-0.39, 0.29) is 17.3 Å². The van der Waals surface area contributed by atoms with Crippen LogP contribution in [0.25, 0.3) is 11.1 Å². The average molecular weight is 456 g/mol. The third-order valence-corrected chi connectivity index (χ3v) is 5.12. The molecular weight excluding hydrogens is 434 g/mol. The van der Waals surface area contributed by atoms with Crippen LogP contribution in [0.2, 0.25) is 0 Å². The van der Waals surface area contributed by atoms with Crippen LogP contribution in [0.1, 0.15) is 5.56 Å². The number of benzene rings is 2. The molecule has 0 unspecified atom stereocenters. The van der Waals surface area contributed by atoms with E-state index in [1.54, 1.807) is 31.4 Å². The van der Waals surface area contributed by atoms with Gasteiger partial charge in [0.05, 0.1) is 26.9 Å². The number of amidine groups is 1. The molecule has 1 aromatic heterocycles. The van der Waals surface area contributed by atoms with E-state index in [4.69, 9.17) is 19.9 Å². The smallest absolute Gasteiger partial charge is 0.203 e. The minimum absolute atomic E-state index is 0.0427. The second kappa shape index (κ2) is 8.79. The Morgan fingerprint density at radius 3 is 2.30 bits per heavy atom. The SMILES string of the molecule is COc1cc(-c2cnc(N)c(C3=NNN(C)N3c3cccc(F)c3F)c2)cc(OC)c1OC. The third kappa shape index (κ3) is 3.82. The summed E-state index contributed by atoms with van der Waals surface area (Å²) in [4.78, 5) is 4.29. The monoisotopic (exact) mass is 456 g/mol. The molecule has 2 aromatic carbocycles. The summed E-state index contributed by atoms with van der Waals surface area (Å²) in [5, 5.41) is 7.01. The van der Waals surface area contributed by atoms with E-state index < -0.39 is 11.6 Å². The van der Waals surface area contributed by atoms with E-state index >= 15 is 0 Å². The van der Waals surface area contributed by atoms with Crippen LogP contribution in [0, 0.1) is 11.6 Å². The number of rotatable bonds is 6. The van der Waals surface area contributed by atoms with E-state index in [1.165, 1.54) is 43.6 Å². The number of halogens is 2. The first-order chi connectivity index (χ1) is 15.9. The zero-order valence-corrected chi connectivity index (χ0v) is 18.4. The van der Waals surface area contributed by atoms with Crippen LogP contribution in [0.5, 0.6) is 17.2 Å². The van der Waals surface area contributed by atoms with Gasteiger partial charge in [0, 0.05) is 18.8 Å². The molecule has 11 heteroatoms. The van der Waals surface area contributed by atoms with Crippen LogP contribution in [0.4, 0.5) is 20.3 Å². The van der Waals surface area contributed by atoms with Crippen molar-refractivity contribution in [3.8, 4) is 28.4 Å². The highest BCUT2D eigenvalue weighted by Crippen LogP contribution is 2.41. The minimum atomic E-state index is -1.02. The fourth-order valence-electron chi connectivity index (χ4n) is 3.52. The molecule has 0 spiro atoms. The highest BCUT2D eigenvalue weighted by molar-refractivity contribution is 6.13. The Hall–Kier alpha value is -4.12. The van der Waals surface area contributed by atoms with Gasteiger partial charge in [-0.15, -0.1) is 10.2 Å². The fourth-order valence-corrected chi connectivity index (χ4v) is 3.52. The molecule has 2 heterocycles. The molecule has 1 aliphatic rings. The van der Waals surface area contributed by atoms with Gasteiger partial charge in [0.1, 0.15) is 11.5 Å². The number of methoxy groups -OCH3 is 3. The number of hydrogen-bond donors (Lipinski definition) is 2. The van der Waals surface area contributed by atoms with Crippen molar-refractivity contribution in [2.24, 2.45) is 5.10 Å². The van der Waals surface area contributed by atoms with Crippen molar-refractivity contribution < 1.29 is 23.0 Å². The van der Waals surface area contributed by atoms with Crippen molar-refractivity contribution in [2.45, 2.75) is 0 Å². The number of aromatic nitrogens is 1. The molecule has 0 atom stereocenters. The molecule has 33 heavy (non-hydrogen) atoms. The van der Waals surface area contributed by atoms with Crippen LogP contribution in [-0.2, 0) is 0 Å². The van der Waals surface area contributed by atoms with Gasteiger partial charge in [-0.05, 0) is 35.9 Å². The van der Waals surface area contributed by atoms with E-state index in [0.717, 1.165) is 6.07 Å². The largest absolute Gasteiger partial charge is 0.493 e. The van der Waals surface area contributed by atoms with Crippen molar-refractivity contribution in [2.75, 3.05) is 39.1 Å². The van der Waals surface area contributed by atoms with Gasteiger partial charge in [-0.2, -0.15) is 0 Å². The number of nitrogens with one attached hydrogen (secondary N) is 1. The van der Waals surface area contributed by atoms with E-state index in [9.17, 15) is 8.78 Å². The number of hydrogen-bond acceptors (Lipinski definition) is 9. The molecule has 0 radical (unpaired) electrons. The van der Waals surface area contributed by atoms with Crippen molar-refractivity contribution in [3.05, 3.63) is 59.8 Å². The predicted octanol–water partition coefficient (Wildman–Crippen LogP) is 3.17. The van der Waals surface area contributed by atoms with Crippen molar-refractivity contribution in [1.29, 1.82) is 0 Å². The molecule has 4 rings (SSSR count). The van der Waals surface area contributed by atoms with Crippen LogP contribution >= 0.6 is 0 Å². The summed E-state index contributed by atoms with van der Waals surface area (Å²) in [5.74, 6) is -0.227. The molecule has 0 aliphatic carbocycles. The lowest BCUT2D eigenvalue weighted by atomic mass is 10.0. The van der Waals surface area contributed by atoms with Gasteiger partial charge in [-0.1, -0.05) is 6.07 Å². The first kappa shape index (κ1) is 22.1. The number of hydrazine groups is 2. The zero-order chi connectivity index (χ0) is 23.7. The van der Waals surface area contributed by atoms with Gasteiger partial charge in [0.25, 0.3) is 0 Å². The minimum Gasteiger partial charge on any atom is -0.493 e. The molecule has 3 aromatic rings. The zero-order valence-electron chi connectivity index (χ0n) is 18.4. The molecule has 9 nitrogen and oxygen atoms in total. The maximum atomic E-state index is 14.6. The quantitative estimate of drug-likeness (QED) is 0.584. The lowest BCUT2D eigenvalue weighted by Crippen LogP contribution is -2.44. The fraction of sp³-hybridized carbons (Fsp3) is 0.182. The lowest BCUT2D eigenvalue weighted by Gasteiger charge is -2.26. The molecule has 3 N–H and O–H groups in total. The molecule has 172 valence electrons. The first-order valence-electron chi connectivity index (χ1n) is 9.77. The maximum Gasteiger partial charge on any atom is 0.203 e. The van der Waals surface area contributed by atoms with Crippen LogP contribution in [-0.4, -0.2) is 44.3 Å². The topological polar surface area (TPSA) is 97.5 Å². The average Bonchev–Trinajstić information content (AvgIpc) is 3.20. The van der Waals surface area contributed by atoms with Crippen LogP contribution < -0.4 is 30.5 Å². The lowest BCUT2D eigenvalue weighted by molar-refractivity contribution is 0.275. The Morgan fingerprint density at radius 2 is 1.67 bits per heavy atom. The summed E-state index contributed by atoms with van der Waals surface area (Å²) < 4.78 is 44.7. The normalized spacial score (nSPS) is 13.5. The molecule has 0 bridgehead atoms. The van der Waals surface area contributed by atoms with E-state index in [1.807, 2.05) is 0 Å².